The van der Waals surface area contributed by atoms with Crippen LogP contribution in [0.4, 0.5) is 0 Å². The molecule has 0 amide bonds. The molecule has 0 unspecified atom stereocenters. The highest BCUT2D eigenvalue weighted by Crippen LogP contribution is 2.27. The molecule has 21 heavy (non-hydrogen) atoms. The lowest BCUT2D eigenvalue weighted by atomic mass is 10.0. The second kappa shape index (κ2) is 5.24. The third-order valence-electron chi connectivity index (χ3n) is 4.68. The van der Waals surface area contributed by atoms with E-state index in [1.807, 2.05) is 18.2 Å². The van der Waals surface area contributed by atoms with E-state index in [1.165, 1.54) is 5.56 Å². The van der Waals surface area contributed by atoms with Crippen LogP contribution >= 0.6 is 0 Å². The molecule has 0 bridgehead atoms. The first-order valence-corrected chi connectivity index (χ1v) is 7.61. The standard InChI is InChI=1S/C16H20N4O/c1-11-4-2-3-5-14(11)16-18-15(21-19-16)10-20-8-12-6-17-7-13(12)9-20/h2-5,12-13,17H,6-10H2,1H3/t12-,13+. The third kappa shape index (κ3) is 2.47. The van der Waals surface area contributed by atoms with Gasteiger partial charge >= 0.3 is 0 Å². The quantitative estimate of drug-likeness (QED) is 0.929. The summed E-state index contributed by atoms with van der Waals surface area (Å²) in [5, 5.41) is 7.60. The van der Waals surface area contributed by atoms with Crippen LogP contribution in [-0.4, -0.2) is 41.2 Å². The summed E-state index contributed by atoms with van der Waals surface area (Å²) in [4.78, 5) is 7.00. The number of aryl methyl sites for hydroxylation is 1. The van der Waals surface area contributed by atoms with Gasteiger partial charge in [-0.15, -0.1) is 0 Å². The summed E-state index contributed by atoms with van der Waals surface area (Å²) < 4.78 is 5.44. The zero-order chi connectivity index (χ0) is 14.2. The van der Waals surface area contributed by atoms with Gasteiger partial charge in [0.25, 0.3) is 0 Å². The number of nitrogens with one attached hydrogen (secondary N) is 1. The Morgan fingerprint density at radius 1 is 1.24 bits per heavy atom. The molecule has 0 aliphatic carbocycles. The number of hydrogen-bond donors (Lipinski definition) is 1. The van der Waals surface area contributed by atoms with E-state index in [2.05, 4.69) is 33.3 Å². The van der Waals surface area contributed by atoms with E-state index in [0.717, 1.165) is 56.0 Å². The molecule has 2 aliphatic heterocycles. The molecule has 1 aromatic heterocycles. The summed E-state index contributed by atoms with van der Waals surface area (Å²) in [5.74, 6) is 3.01. The number of likely N-dealkylation sites (tertiary alicyclic amines) is 1. The molecule has 110 valence electrons. The largest absolute Gasteiger partial charge is 0.338 e. The average molecular weight is 284 g/mol. The van der Waals surface area contributed by atoms with Gasteiger partial charge in [0.1, 0.15) is 0 Å². The first kappa shape index (κ1) is 13.0. The molecule has 1 aromatic carbocycles. The van der Waals surface area contributed by atoms with E-state index in [9.17, 15) is 0 Å². The summed E-state index contributed by atoms with van der Waals surface area (Å²) in [6.45, 7) is 7.42. The van der Waals surface area contributed by atoms with Crippen molar-refractivity contribution in [2.75, 3.05) is 26.2 Å². The Bertz CT molecular complexity index is 627. The zero-order valence-corrected chi connectivity index (χ0v) is 12.2. The van der Waals surface area contributed by atoms with Gasteiger partial charge < -0.3 is 9.84 Å². The number of hydrogen-bond acceptors (Lipinski definition) is 5. The topological polar surface area (TPSA) is 54.2 Å². The van der Waals surface area contributed by atoms with E-state index in [4.69, 9.17) is 4.52 Å². The smallest absolute Gasteiger partial charge is 0.241 e. The minimum Gasteiger partial charge on any atom is -0.338 e. The molecule has 5 heteroatoms. The van der Waals surface area contributed by atoms with Crippen molar-refractivity contribution in [1.29, 1.82) is 0 Å². The number of aromatic nitrogens is 2. The van der Waals surface area contributed by atoms with Crippen molar-refractivity contribution in [2.45, 2.75) is 13.5 Å². The Labute approximate surface area is 124 Å². The molecule has 5 nitrogen and oxygen atoms in total. The molecule has 2 aromatic rings. The van der Waals surface area contributed by atoms with Gasteiger partial charge in [-0.1, -0.05) is 29.4 Å². The van der Waals surface area contributed by atoms with Crippen LogP contribution in [0.1, 0.15) is 11.5 Å². The van der Waals surface area contributed by atoms with Gasteiger partial charge in [-0.2, -0.15) is 4.98 Å². The summed E-state index contributed by atoms with van der Waals surface area (Å²) in [5.41, 5.74) is 2.22. The Hall–Kier alpha value is -1.72. The Morgan fingerprint density at radius 3 is 2.76 bits per heavy atom. The fourth-order valence-corrected chi connectivity index (χ4v) is 3.53. The van der Waals surface area contributed by atoms with E-state index in [-0.39, 0.29) is 0 Å². The maximum absolute atomic E-state index is 5.44. The summed E-state index contributed by atoms with van der Waals surface area (Å²) in [6, 6.07) is 8.14. The van der Waals surface area contributed by atoms with E-state index >= 15 is 0 Å². The maximum atomic E-state index is 5.44. The minimum atomic E-state index is 0.698. The fourth-order valence-electron chi connectivity index (χ4n) is 3.53. The molecule has 0 saturated carbocycles. The van der Waals surface area contributed by atoms with Gasteiger partial charge in [-0.25, -0.2) is 0 Å². The molecule has 2 atom stereocenters. The van der Waals surface area contributed by atoms with Gasteiger partial charge in [-0.3, -0.25) is 4.90 Å². The van der Waals surface area contributed by atoms with E-state index in [0.29, 0.717) is 5.82 Å². The predicted molar refractivity (Wildman–Crippen MR) is 79.6 cm³/mol. The van der Waals surface area contributed by atoms with Crippen LogP contribution in [0.2, 0.25) is 0 Å². The minimum absolute atomic E-state index is 0.698. The van der Waals surface area contributed by atoms with Crippen LogP contribution in [0.5, 0.6) is 0 Å². The van der Waals surface area contributed by atoms with Gasteiger partial charge in [0.05, 0.1) is 6.54 Å². The molecule has 2 saturated heterocycles. The van der Waals surface area contributed by atoms with E-state index in [1.54, 1.807) is 0 Å². The summed E-state index contributed by atoms with van der Waals surface area (Å²) in [6.07, 6.45) is 0. The Kier molecular flexibility index (Phi) is 3.24. The lowest BCUT2D eigenvalue weighted by Crippen LogP contribution is -2.25. The third-order valence-corrected chi connectivity index (χ3v) is 4.68. The van der Waals surface area contributed by atoms with E-state index < -0.39 is 0 Å². The van der Waals surface area contributed by atoms with Gasteiger partial charge in [0, 0.05) is 18.7 Å². The van der Waals surface area contributed by atoms with Crippen molar-refractivity contribution in [3.8, 4) is 11.4 Å². The predicted octanol–water partition coefficient (Wildman–Crippen LogP) is 1.70. The second-order valence-corrected chi connectivity index (χ2v) is 6.20. The van der Waals surface area contributed by atoms with Crippen LogP contribution in [0.15, 0.2) is 28.8 Å². The van der Waals surface area contributed by atoms with Crippen molar-refractivity contribution in [3.05, 3.63) is 35.7 Å². The molecule has 1 N–H and O–H groups in total. The first-order valence-electron chi connectivity index (χ1n) is 7.61. The number of fused-ring (bicyclic) bond motifs is 1. The molecule has 4 rings (SSSR count). The molecule has 0 spiro atoms. The van der Waals surface area contributed by atoms with Crippen LogP contribution < -0.4 is 5.32 Å². The zero-order valence-electron chi connectivity index (χ0n) is 12.2. The van der Waals surface area contributed by atoms with Crippen LogP contribution in [-0.2, 0) is 6.54 Å². The normalized spacial score (nSPS) is 25.4. The SMILES string of the molecule is Cc1ccccc1-c1noc(CN2C[C@H]3CNC[C@H]3C2)n1. The fraction of sp³-hybridized carbons (Fsp3) is 0.500. The molecule has 0 radical (unpaired) electrons. The number of benzene rings is 1. The lowest BCUT2D eigenvalue weighted by molar-refractivity contribution is 0.253. The van der Waals surface area contributed by atoms with Crippen molar-refractivity contribution in [2.24, 2.45) is 11.8 Å². The van der Waals surface area contributed by atoms with Crippen molar-refractivity contribution in [1.82, 2.24) is 20.4 Å². The monoisotopic (exact) mass is 284 g/mol. The molecular formula is C16H20N4O. The first-order chi connectivity index (χ1) is 10.3. The van der Waals surface area contributed by atoms with Crippen molar-refractivity contribution in [3.63, 3.8) is 0 Å². The summed E-state index contributed by atoms with van der Waals surface area (Å²) in [7, 11) is 0. The van der Waals surface area contributed by atoms with Gasteiger partial charge in [-0.05, 0) is 37.4 Å². The molecular weight excluding hydrogens is 264 g/mol. The molecule has 2 fully saturated rings. The lowest BCUT2D eigenvalue weighted by Gasteiger charge is -2.13. The van der Waals surface area contributed by atoms with Crippen molar-refractivity contribution >= 4 is 0 Å². The Morgan fingerprint density at radius 2 is 2.00 bits per heavy atom. The number of rotatable bonds is 3. The molecule has 3 heterocycles. The maximum Gasteiger partial charge on any atom is 0.241 e. The summed E-state index contributed by atoms with van der Waals surface area (Å²) >= 11 is 0. The van der Waals surface area contributed by atoms with Crippen molar-refractivity contribution < 1.29 is 4.52 Å². The van der Waals surface area contributed by atoms with Crippen LogP contribution in [0.25, 0.3) is 11.4 Å². The average Bonchev–Trinajstić information content (AvgIpc) is 3.15. The number of nitrogens with zero attached hydrogens (tertiary/aromatic N) is 3. The second-order valence-electron chi connectivity index (χ2n) is 6.20. The highest BCUT2D eigenvalue weighted by atomic mass is 16.5. The molecule has 2 aliphatic rings. The van der Waals surface area contributed by atoms with Gasteiger partial charge in [0.2, 0.25) is 11.7 Å². The van der Waals surface area contributed by atoms with Crippen LogP contribution in [0.3, 0.4) is 0 Å². The highest BCUT2D eigenvalue weighted by molar-refractivity contribution is 5.58. The highest BCUT2D eigenvalue weighted by Gasteiger charge is 2.36. The van der Waals surface area contributed by atoms with Crippen LogP contribution in [0, 0.1) is 18.8 Å². The van der Waals surface area contributed by atoms with Gasteiger partial charge in [0.15, 0.2) is 0 Å². The Balaban J connectivity index is 1.47.